The molecule has 0 radical (unpaired) electrons. The fourth-order valence-corrected chi connectivity index (χ4v) is 3.50. The second kappa shape index (κ2) is 9.86. The van der Waals surface area contributed by atoms with Gasteiger partial charge in [-0.2, -0.15) is 0 Å². The number of hydrogen-bond acceptors (Lipinski definition) is 4. The minimum atomic E-state index is -3.30. The predicted molar refractivity (Wildman–Crippen MR) is 115 cm³/mol. The summed E-state index contributed by atoms with van der Waals surface area (Å²) in [7, 11) is -3.30. The number of nitrogens with zero attached hydrogens (tertiary/aromatic N) is 1. The molecule has 0 heterocycles. The molecule has 152 valence electrons. The summed E-state index contributed by atoms with van der Waals surface area (Å²) in [5.41, 5.74) is 7.23. The van der Waals surface area contributed by atoms with Gasteiger partial charge in [0.15, 0.2) is 5.96 Å². The van der Waals surface area contributed by atoms with E-state index in [1.54, 1.807) is 36.4 Å². The van der Waals surface area contributed by atoms with Gasteiger partial charge >= 0.3 is 0 Å². The first-order valence-electron chi connectivity index (χ1n) is 8.36. The summed E-state index contributed by atoms with van der Waals surface area (Å²) in [6.45, 7) is 2.58. The van der Waals surface area contributed by atoms with Crippen molar-refractivity contribution in [2.75, 3.05) is 24.1 Å². The van der Waals surface area contributed by atoms with Crippen LogP contribution in [-0.4, -0.2) is 33.8 Å². The number of anilines is 1. The third-order valence-electron chi connectivity index (χ3n) is 3.59. The molecule has 0 aliphatic heterocycles. The van der Waals surface area contributed by atoms with Crippen LogP contribution >= 0.6 is 23.2 Å². The summed E-state index contributed by atoms with van der Waals surface area (Å²) in [5, 5.41) is 4.19. The molecule has 2 aromatic carbocycles. The molecule has 0 fully saturated rings. The zero-order valence-electron chi connectivity index (χ0n) is 15.4. The Morgan fingerprint density at radius 2 is 1.89 bits per heavy atom. The Bertz CT molecular complexity index is 934. The lowest BCUT2D eigenvalue weighted by atomic mass is 10.1. The zero-order chi connectivity index (χ0) is 20.7. The molecule has 2 aromatic rings. The van der Waals surface area contributed by atoms with Gasteiger partial charge in [0.1, 0.15) is 12.4 Å². The summed E-state index contributed by atoms with van der Waals surface area (Å²) >= 11 is 12.1. The lowest BCUT2D eigenvalue weighted by Gasteiger charge is -2.16. The van der Waals surface area contributed by atoms with E-state index in [0.717, 1.165) is 11.8 Å². The standard InChI is InChI=1S/C18H22Cl2N4O3S/c1-12(16-8-3-13(19)11-17(16)20)23-18(21)22-9-10-27-15-6-4-14(5-7-15)24-28(2,25)26/h3-8,11-12,24H,9-10H2,1-2H3,(H3,21,22,23). The zero-order valence-corrected chi connectivity index (χ0v) is 17.8. The molecule has 0 amide bonds. The van der Waals surface area contributed by atoms with Crippen LogP contribution in [0.5, 0.6) is 5.75 Å². The van der Waals surface area contributed by atoms with Gasteiger partial charge in [0.05, 0.1) is 18.8 Å². The van der Waals surface area contributed by atoms with Crippen molar-refractivity contribution >= 4 is 44.9 Å². The number of aliphatic imine (C=N–C) groups is 1. The highest BCUT2D eigenvalue weighted by Crippen LogP contribution is 2.25. The van der Waals surface area contributed by atoms with Crippen molar-refractivity contribution in [3.63, 3.8) is 0 Å². The van der Waals surface area contributed by atoms with Crippen LogP contribution in [0.4, 0.5) is 5.69 Å². The van der Waals surface area contributed by atoms with E-state index in [-0.39, 0.29) is 12.0 Å². The first kappa shape index (κ1) is 22.1. The smallest absolute Gasteiger partial charge is 0.229 e. The average molecular weight is 445 g/mol. The number of nitrogens with one attached hydrogen (secondary N) is 2. The summed E-state index contributed by atoms with van der Waals surface area (Å²) < 4.78 is 30.3. The Balaban J connectivity index is 1.80. The number of guanidine groups is 1. The molecule has 4 N–H and O–H groups in total. The molecule has 0 bridgehead atoms. The first-order valence-corrected chi connectivity index (χ1v) is 11.0. The fourth-order valence-electron chi connectivity index (χ4n) is 2.36. The van der Waals surface area contributed by atoms with Crippen molar-refractivity contribution in [2.24, 2.45) is 10.7 Å². The SMILES string of the molecule is CC(NC(N)=NCCOc1ccc(NS(C)(=O)=O)cc1)c1ccc(Cl)cc1Cl. The van der Waals surface area contributed by atoms with Gasteiger partial charge in [0.2, 0.25) is 10.0 Å². The summed E-state index contributed by atoms with van der Waals surface area (Å²) in [5.74, 6) is 0.872. The first-order chi connectivity index (χ1) is 13.1. The van der Waals surface area contributed by atoms with Crippen molar-refractivity contribution in [1.29, 1.82) is 0 Å². The predicted octanol–water partition coefficient (Wildman–Crippen LogP) is 3.41. The summed E-state index contributed by atoms with van der Waals surface area (Å²) in [4.78, 5) is 4.22. The Labute approximate surface area is 174 Å². The molecular formula is C18H22Cl2N4O3S. The molecule has 0 aliphatic carbocycles. The number of sulfonamides is 1. The van der Waals surface area contributed by atoms with E-state index in [1.807, 2.05) is 13.0 Å². The second-order valence-corrected chi connectivity index (χ2v) is 8.64. The number of halogens is 2. The van der Waals surface area contributed by atoms with Crippen LogP contribution in [0.3, 0.4) is 0 Å². The third-order valence-corrected chi connectivity index (χ3v) is 4.76. The topological polar surface area (TPSA) is 106 Å². The van der Waals surface area contributed by atoms with Crippen molar-refractivity contribution in [2.45, 2.75) is 13.0 Å². The molecule has 0 saturated carbocycles. The van der Waals surface area contributed by atoms with Gasteiger partial charge in [-0.15, -0.1) is 0 Å². The van der Waals surface area contributed by atoms with Crippen LogP contribution in [0.1, 0.15) is 18.5 Å². The summed E-state index contributed by atoms with van der Waals surface area (Å²) in [6, 6.07) is 11.7. The van der Waals surface area contributed by atoms with Gasteiger partial charge in [-0.1, -0.05) is 29.3 Å². The molecule has 7 nitrogen and oxygen atoms in total. The molecule has 2 rings (SSSR count). The van der Waals surface area contributed by atoms with Crippen LogP contribution in [0.15, 0.2) is 47.5 Å². The van der Waals surface area contributed by atoms with Crippen molar-refractivity contribution in [3.8, 4) is 5.75 Å². The van der Waals surface area contributed by atoms with Crippen LogP contribution in [0.2, 0.25) is 10.0 Å². The van der Waals surface area contributed by atoms with Crippen molar-refractivity contribution < 1.29 is 13.2 Å². The molecule has 0 spiro atoms. The molecular weight excluding hydrogens is 423 g/mol. The molecule has 0 aliphatic rings. The third kappa shape index (κ3) is 7.46. The Morgan fingerprint density at radius 1 is 1.21 bits per heavy atom. The molecule has 0 aromatic heterocycles. The highest BCUT2D eigenvalue weighted by molar-refractivity contribution is 7.92. The highest BCUT2D eigenvalue weighted by Gasteiger charge is 2.10. The van der Waals surface area contributed by atoms with Gasteiger partial charge in [-0.25, -0.2) is 13.4 Å². The van der Waals surface area contributed by atoms with Gasteiger partial charge in [0.25, 0.3) is 0 Å². The minimum Gasteiger partial charge on any atom is -0.492 e. The monoisotopic (exact) mass is 444 g/mol. The van der Waals surface area contributed by atoms with Gasteiger partial charge in [-0.3, -0.25) is 4.72 Å². The number of nitrogens with two attached hydrogens (primary N) is 1. The quantitative estimate of drug-likeness (QED) is 0.328. The minimum absolute atomic E-state index is 0.135. The molecule has 28 heavy (non-hydrogen) atoms. The van der Waals surface area contributed by atoms with Gasteiger partial charge in [0, 0.05) is 15.7 Å². The molecule has 1 atom stereocenters. The van der Waals surface area contributed by atoms with Crippen LogP contribution in [0.25, 0.3) is 0 Å². The van der Waals surface area contributed by atoms with E-state index in [0.29, 0.717) is 34.6 Å². The number of rotatable bonds is 8. The Morgan fingerprint density at radius 3 is 2.50 bits per heavy atom. The number of ether oxygens (including phenoxy) is 1. The average Bonchev–Trinajstić information content (AvgIpc) is 2.58. The highest BCUT2D eigenvalue weighted by atomic mass is 35.5. The maximum absolute atomic E-state index is 11.2. The van der Waals surface area contributed by atoms with E-state index >= 15 is 0 Å². The van der Waals surface area contributed by atoms with Crippen LogP contribution in [-0.2, 0) is 10.0 Å². The summed E-state index contributed by atoms with van der Waals surface area (Å²) in [6.07, 6.45) is 1.09. The normalized spacial score (nSPS) is 13.1. The van der Waals surface area contributed by atoms with E-state index in [2.05, 4.69) is 15.0 Å². The second-order valence-electron chi connectivity index (χ2n) is 6.05. The lowest BCUT2D eigenvalue weighted by molar-refractivity contribution is 0.328. The van der Waals surface area contributed by atoms with E-state index in [9.17, 15) is 8.42 Å². The maximum atomic E-state index is 11.2. The number of benzene rings is 2. The Kier molecular flexibility index (Phi) is 7.79. The van der Waals surface area contributed by atoms with E-state index in [1.165, 1.54) is 0 Å². The molecule has 10 heteroatoms. The largest absolute Gasteiger partial charge is 0.492 e. The van der Waals surface area contributed by atoms with Crippen molar-refractivity contribution in [3.05, 3.63) is 58.1 Å². The maximum Gasteiger partial charge on any atom is 0.229 e. The fraction of sp³-hybridized carbons (Fsp3) is 0.278. The number of hydrogen-bond donors (Lipinski definition) is 3. The van der Waals surface area contributed by atoms with Crippen LogP contribution < -0.4 is 20.5 Å². The Hall–Kier alpha value is -2.16. The van der Waals surface area contributed by atoms with Crippen molar-refractivity contribution in [1.82, 2.24) is 5.32 Å². The lowest BCUT2D eigenvalue weighted by Crippen LogP contribution is -2.34. The van der Waals surface area contributed by atoms with Gasteiger partial charge in [-0.05, 0) is 48.9 Å². The van der Waals surface area contributed by atoms with Crippen LogP contribution in [0, 0.1) is 0 Å². The van der Waals surface area contributed by atoms with Gasteiger partial charge < -0.3 is 15.8 Å². The van der Waals surface area contributed by atoms with E-state index in [4.69, 9.17) is 33.7 Å². The van der Waals surface area contributed by atoms with E-state index < -0.39 is 10.0 Å². The molecule has 1 unspecified atom stereocenters. The molecule has 0 saturated heterocycles.